The zero-order valence-corrected chi connectivity index (χ0v) is 18.0. The van der Waals surface area contributed by atoms with Crippen molar-refractivity contribution in [2.45, 2.75) is 18.0 Å². The lowest BCUT2D eigenvalue weighted by Gasteiger charge is -2.13. The second-order valence-corrected chi connectivity index (χ2v) is 8.41. The second-order valence-electron chi connectivity index (χ2n) is 7.47. The van der Waals surface area contributed by atoms with Crippen LogP contribution in [0.3, 0.4) is 0 Å². The second kappa shape index (κ2) is 8.88. The van der Waals surface area contributed by atoms with Crippen LogP contribution in [0.5, 0.6) is 0 Å². The first-order valence-electron chi connectivity index (χ1n) is 10.4. The number of likely N-dealkylation sites (tertiary alicyclic amines) is 1. The lowest BCUT2D eigenvalue weighted by Crippen LogP contribution is -2.27. The van der Waals surface area contributed by atoms with Gasteiger partial charge in [-0.05, 0) is 43.2 Å². The summed E-state index contributed by atoms with van der Waals surface area (Å²) in [6.07, 6.45) is 5.24. The van der Waals surface area contributed by atoms with E-state index < -0.39 is 0 Å². The first-order chi connectivity index (χ1) is 15.7. The molecular formula is C23H21N5O3S. The number of hydrogen-bond acceptors (Lipinski definition) is 6. The smallest absolute Gasteiger partial charge is 0.270 e. The Morgan fingerprint density at radius 1 is 1.06 bits per heavy atom. The summed E-state index contributed by atoms with van der Waals surface area (Å²) < 4.78 is 7.39. The van der Waals surface area contributed by atoms with Crippen molar-refractivity contribution in [2.75, 3.05) is 18.8 Å². The molecule has 1 fully saturated rings. The van der Waals surface area contributed by atoms with Crippen molar-refractivity contribution < 1.29 is 14.0 Å². The van der Waals surface area contributed by atoms with Gasteiger partial charge in [0.1, 0.15) is 5.69 Å². The summed E-state index contributed by atoms with van der Waals surface area (Å²) >= 11 is 1.29. The molecule has 3 aromatic heterocycles. The van der Waals surface area contributed by atoms with Crippen LogP contribution in [0.2, 0.25) is 0 Å². The van der Waals surface area contributed by atoms with Crippen LogP contribution in [0.1, 0.15) is 33.7 Å². The summed E-state index contributed by atoms with van der Waals surface area (Å²) in [7, 11) is 0. The molecule has 5 rings (SSSR count). The standard InChI is InChI=1S/C23H21N5O3S/c29-19(16-13-18(24-14-16)22(30)27-10-4-5-11-27)15-32-23-26-25-21(20-9-6-12-31-20)28(23)17-7-2-1-3-8-17/h1-3,6-9,12-14,24H,4-5,10-11,15H2. The molecule has 1 aliphatic heterocycles. The maximum Gasteiger partial charge on any atom is 0.270 e. The first-order valence-corrected chi connectivity index (χ1v) is 11.4. The molecule has 1 amide bonds. The molecule has 0 unspecified atom stereocenters. The van der Waals surface area contributed by atoms with E-state index in [1.807, 2.05) is 45.9 Å². The minimum Gasteiger partial charge on any atom is -0.461 e. The van der Waals surface area contributed by atoms with Gasteiger partial charge in [0.2, 0.25) is 5.82 Å². The number of hydrogen-bond donors (Lipinski definition) is 1. The summed E-state index contributed by atoms with van der Waals surface area (Å²) in [6.45, 7) is 1.54. The number of aromatic nitrogens is 4. The zero-order valence-electron chi connectivity index (χ0n) is 17.2. The van der Waals surface area contributed by atoms with Crippen molar-refractivity contribution in [1.29, 1.82) is 0 Å². The number of benzene rings is 1. The number of furan rings is 1. The van der Waals surface area contributed by atoms with Gasteiger partial charge in [-0.25, -0.2) is 0 Å². The van der Waals surface area contributed by atoms with Crippen molar-refractivity contribution in [2.24, 2.45) is 0 Å². The minimum absolute atomic E-state index is 0.0545. The van der Waals surface area contributed by atoms with E-state index in [9.17, 15) is 9.59 Å². The number of carbonyl (C=O) groups is 2. The van der Waals surface area contributed by atoms with Gasteiger partial charge in [0.25, 0.3) is 5.91 Å². The maximum absolute atomic E-state index is 12.8. The largest absolute Gasteiger partial charge is 0.461 e. The number of amides is 1. The van der Waals surface area contributed by atoms with Gasteiger partial charge in [-0.3, -0.25) is 14.2 Å². The van der Waals surface area contributed by atoms with Crippen LogP contribution in [0.25, 0.3) is 17.3 Å². The number of rotatable bonds is 7. The Labute approximate surface area is 188 Å². The van der Waals surface area contributed by atoms with E-state index >= 15 is 0 Å². The van der Waals surface area contributed by atoms with Gasteiger partial charge in [-0.2, -0.15) is 0 Å². The monoisotopic (exact) mass is 447 g/mol. The third-order valence-electron chi connectivity index (χ3n) is 5.35. The Morgan fingerprint density at radius 2 is 1.88 bits per heavy atom. The molecule has 8 nitrogen and oxygen atoms in total. The molecule has 162 valence electrons. The molecule has 0 spiro atoms. The van der Waals surface area contributed by atoms with Crippen LogP contribution in [0.4, 0.5) is 0 Å². The number of H-pyrrole nitrogens is 1. The van der Waals surface area contributed by atoms with Gasteiger partial charge < -0.3 is 14.3 Å². The maximum atomic E-state index is 12.8. The first kappa shape index (κ1) is 20.3. The molecule has 0 bridgehead atoms. The average molecular weight is 448 g/mol. The minimum atomic E-state index is -0.0890. The van der Waals surface area contributed by atoms with E-state index in [-0.39, 0.29) is 17.4 Å². The van der Waals surface area contributed by atoms with E-state index in [1.165, 1.54) is 11.8 Å². The molecule has 0 aliphatic carbocycles. The number of Topliss-reactive ketones (excluding diaryl/α,β-unsaturated/α-hetero) is 1. The predicted octanol–water partition coefficient (Wildman–Crippen LogP) is 4.07. The molecule has 1 aromatic carbocycles. The highest BCUT2D eigenvalue weighted by molar-refractivity contribution is 7.99. The summed E-state index contributed by atoms with van der Waals surface area (Å²) in [4.78, 5) is 30.1. The Kier molecular flexibility index (Phi) is 5.64. The zero-order chi connectivity index (χ0) is 21.9. The van der Waals surface area contributed by atoms with Crippen molar-refractivity contribution in [3.63, 3.8) is 0 Å². The van der Waals surface area contributed by atoms with E-state index in [1.54, 1.807) is 24.6 Å². The number of ketones is 1. The van der Waals surface area contributed by atoms with Crippen molar-refractivity contribution in [3.8, 4) is 17.3 Å². The highest BCUT2D eigenvalue weighted by Crippen LogP contribution is 2.28. The fraction of sp³-hybridized carbons (Fsp3) is 0.217. The van der Waals surface area contributed by atoms with Crippen LogP contribution in [-0.2, 0) is 0 Å². The number of carbonyl (C=O) groups excluding carboxylic acids is 2. The van der Waals surface area contributed by atoms with E-state index in [0.717, 1.165) is 31.6 Å². The lowest BCUT2D eigenvalue weighted by molar-refractivity contribution is 0.0787. The van der Waals surface area contributed by atoms with E-state index in [4.69, 9.17) is 4.42 Å². The Bertz CT molecular complexity index is 1220. The highest BCUT2D eigenvalue weighted by atomic mass is 32.2. The van der Waals surface area contributed by atoms with Crippen molar-refractivity contribution in [3.05, 3.63) is 72.2 Å². The highest BCUT2D eigenvalue weighted by Gasteiger charge is 2.23. The summed E-state index contributed by atoms with van der Waals surface area (Å²) in [5.74, 6) is 1.18. The van der Waals surface area contributed by atoms with Crippen LogP contribution in [0, 0.1) is 0 Å². The Hall–Kier alpha value is -3.59. The number of nitrogens with one attached hydrogen (secondary N) is 1. The van der Waals surface area contributed by atoms with Gasteiger partial charge >= 0.3 is 0 Å². The molecule has 0 atom stereocenters. The predicted molar refractivity (Wildman–Crippen MR) is 120 cm³/mol. The van der Waals surface area contributed by atoms with E-state index in [2.05, 4.69) is 15.2 Å². The number of nitrogens with zero attached hydrogens (tertiary/aromatic N) is 4. The van der Waals surface area contributed by atoms with Crippen LogP contribution in [-0.4, -0.2) is 55.2 Å². The van der Waals surface area contributed by atoms with Gasteiger partial charge in [-0.1, -0.05) is 30.0 Å². The molecule has 4 aromatic rings. The quantitative estimate of drug-likeness (QED) is 0.339. The molecule has 0 radical (unpaired) electrons. The van der Waals surface area contributed by atoms with E-state index in [0.29, 0.717) is 28.0 Å². The van der Waals surface area contributed by atoms with Crippen LogP contribution in [0.15, 0.2) is 70.6 Å². The third-order valence-corrected chi connectivity index (χ3v) is 6.28. The Balaban J connectivity index is 1.34. The Morgan fingerprint density at radius 3 is 2.62 bits per heavy atom. The molecule has 1 aliphatic rings. The third kappa shape index (κ3) is 3.99. The van der Waals surface area contributed by atoms with Crippen molar-refractivity contribution in [1.82, 2.24) is 24.6 Å². The van der Waals surface area contributed by atoms with Crippen LogP contribution >= 0.6 is 11.8 Å². The molecular weight excluding hydrogens is 426 g/mol. The summed E-state index contributed by atoms with van der Waals surface area (Å²) in [5, 5.41) is 9.17. The van der Waals surface area contributed by atoms with Gasteiger partial charge in [0.15, 0.2) is 16.7 Å². The average Bonchev–Trinajstić information content (AvgIpc) is 3.64. The normalized spacial score (nSPS) is 13.6. The molecule has 0 saturated carbocycles. The topological polar surface area (TPSA) is 97.0 Å². The summed E-state index contributed by atoms with van der Waals surface area (Å²) in [6, 6.07) is 14.9. The fourth-order valence-corrected chi connectivity index (χ4v) is 4.57. The fourth-order valence-electron chi connectivity index (χ4n) is 3.72. The number of para-hydroxylation sites is 1. The number of thioether (sulfide) groups is 1. The number of aromatic amines is 1. The molecule has 1 saturated heterocycles. The molecule has 32 heavy (non-hydrogen) atoms. The SMILES string of the molecule is O=C(CSc1nnc(-c2ccco2)n1-c1ccccc1)c1c[nH]c(C(=O)N2CCCC2)c1. The van der Waals surface area contributed by atoms with Crippen molar-refractivity contribution >= 4 is 23.5 Å². The van der Waals surface area contributed by atoms with Gasteiger partial charge in [0.05, 0.1) is 12.0 Å². The summed E-state index contributed by atoms with van der Waals surface area (Å²) in [5.41, 5.74) is 1.81. The van der Waals surface area contributed by atoms with Crippen LogP contribution < -0.4 is 0 Å². The van der Waals surface area contributed by atoms with Gasteiger partial charge in [0, 0.05) is 30.5 Å². The van der Waals surface area contributed by atoms with Gasteiger partial charge in [-0.15, -0.1) is 10.2 Å². The molecule has 1 N–H and O–H groups in total. The molecule has 4 heterocycles. The lowest BCUT2D eigenvalue weighted by atomic mass is 10.2. The molecule has 9 heteroatoms.